The number of hydrogen-bond acceptors (Lipinski definition) is 7. The van der Waals surface area contributed by atoms with Gasteiger partial charge >= 0.3 is 5.97 Å². The van der Waals surface area contributed by atoms with E-state index in [0.717, 1.165) is 24.8 Å². The highest BCUT2D eigenvalue weighted by atomic mass is 32.2. The molecule has 1 heterocycles. The summed E-state index contributed by atoms with van der Waals surface area (Å²) in [5, 5.41) is 10.6. The Labute approximate surface area is 213 Å². The van der Waals surface area contributed by atoms with E-state index in [1.807, 2.05) is 26.0 Å². The maximum atomic E-state index is 12.7. The molecular weight excluding hydrogens is 482 g/mol. The number of benzene rings is 1. The molecule has 1 aromatic carbocycles. The number of carbonyl (C=O) groups is 2. The van der Waals surface area contributed by atoms with Gasteiger partial charge in [-0.3, -0.25) is 9.59 Å². The topological polar surface area (TPSA) is 132 Å². The molecular formula is C25H37N5O5S. The molecule has 10 nitrogen and oxygen atoms in total. The van der Waals surface area contributed by atoms with E-state index in [1.165, 1.54) is 0 Å². The number of carbonyl (C=O) groups excluding carboxylic acids is 2. The number of rotatable bonds is 12. The van der Waals surface area contributed by atoms with Gasteiger partial charge in [-0.1, -0.05) is 50.5 Å². The van der Waals surface area contributed by atoms with Crippen molar-refractivity contribution >= 4 is 27.6 Å². The van der Waals surface area contributed by atoms with Gasteiger partial charge in [-0.2, -0.15) is 0 Å². The van der Waals surface area contributed by atoms with Crippen LogP contribution < -0.4 is 10.0 Å². The lowest BCUT2D eigenvalue weighted by atomic mass is 9.96. The maximum absolute atomic E-state index is 12.7. The molecule has 3 rings (SSSR count). The number of anilines is 1. The molecule has 1 atom stereocenters. The number of esters is 1. The lowest BCUT2D eigenvalue weighted by molar-refractivity contribution is -0.151. The fraction of sp³-hybridized carbons (Fsp3) is 0.600. The average molecular weight is 520 g/mol. The second-order valence-corrected chi connectivity index (χ2v) is 11.7. The summed E-state index contributed by atoms with van der Waals surface area (Å²) in [7, 11) is -3.36. The molecule has 0 spiro atoms. The quantitative estimate of drug-likeness (QED) is 0.325. The molecule has 2 N–H and O–H groups in total. The van der Waals surface area contributed by atoms with Gasteiger partial charge in [0.15, 0.2) is 0 Å². The van der Waals surface area contributed by atoms with Crippen molar-refractivity contribution in [2.75, 3.05) is 11.9 Å². The van der Waals surface area contributed by atoms with Crippen molar-refractivity contribution in [1.82, 2.24) is 19.7 Å². The normalized spacial score (nSPS) is 15.6. The van der Waals surface area contributed by atoms with E-state index in [2.05, 4.69) is 20.4 Å². The number of ether oxygens (including phenoxy) is 1. The molecule has 1 fully saturated rings. The van der Waals surface area contributed by atoms with E-state index in [0.29, 0.717) is 37.2 Å². The highest BCUT2D eigenvalue weighted by molar-refractivity contribution is 7.90. The van der Waals surface area contributed by atoms with Crippen LogP contribution in [0.1, 0.15) is 70.6 Å². The standard InChI is InChI=1S/C25H37N5O5S/c1-4-35-25(32)23(14-18(2)3)24(31)27-20-12-10-19(11-13-20)16-30-17-21(28-29-30)15-26-36(33,34)22-8-6-5-7-9-22/h10-13,17-18,22-23,26H,4-9,14-16H2,1-3H3,(H,27,31). The zero-order valence-corrected chi connectivity index (χ0v) is 22.1. The Bertz CT molecular complexity index is 1110. The summed E-state index contributed by atoms with van der Waals surface area (Å²) in [5.41, 5.74) is 2.06. The zero-order chi connectivity index (χ0) is 26.1. The molecule has 0 radical (unpaired) electrons. The van der Waals surface area contributed by atoms with Crippen LogP contribution in [-0.4, -0.2) is 47.1 Å². The van der Waals surface area contributed by atoms with Gasteiger partial charge in [0.25, 0.3) is 0 Å². The van der Waals surface area contributed by atoms with Gasteiger partial charge < -0.3 is 10.1 Å². The van der Waals surface area contributed by atoms with Crippen molar-refractivity contribution in [3.63, 3.8) is 0 Å². The molecule has 1 aliphatic rings. The molecule has 0 saturated heterocycles. The van der Waals surface area contributed by atoms with Crippen LogP contribution in [0, 0.1) is 11.8 Å². The summed E-state index contributed by atoms with van der Waals surface area (Å²) in [4.78, 5) is 24.9. The number of amides is 1. The van der Waals surface area contributed by atoms with Crippen LogP contribution in [0.25, 0.3) is 0 Å². The minimum atomic E-state index is -3.36. The lowest BCUT2D eigenvalue weighted by Gasteiger charge is -2.21. The number of sulfonamides is 1. The predicted molar refractivity (Wildman–Crippen MR) is 136 cm³/mol. The summed E-state index contributed by atoms with van der Waals surface area (Å²) in [5.74, 6) is -1.58. The number of hydrogen-bond donors (Lipinski definition) is 2. The largest absolute Gasteiger partial charge is 0.465 e. The molecule has 0 bridgehead atoms. The molecule has 1 amide bonds. The van der Waals surface area contributed by atoms with Crippen LogP contribution in [0.2, 0.25) is 0 Å². The van der Waals surface area contributed by atoms with Gasteiger partial charge in [0.05, 0.1) is 36.8 Å². The second-order valence-electron chi connectivity index (χ2n) is 9.65. The Hall–Kier alpha value is -2.79. The Kier molecular flexibility index (Phi) is 10.0. The van der Waals surface area contributed by atoms with Crippen LogP contribution in [0.15, 0.2) is 30.5 Å². The molecule has 1 saturated carbocycles. The van der Waals surface area contributed by atoms with E-state index in [-0.39, 0.29) is 30.2 Å². The third kappa shape index (κ3) is 8.12. The van der Waals surface area contributed by atoms with Gasteiger partial charge in [0.2, 0.25) is 15.9 Å². The smallest absolute Gasteiger partial charge is 0.318 e. The van der Waals surface area contributed by atoms with Crippen molar-refractivity contribution in [1.29, 1.82) is 0 Å². The van der Waals surface area contributed by atoms with Gasteiger partial charge in [-0.25, -0.2) is 17.8 Å². The number of nitrogens with zero attached hydrogens (tertiary/aromatic N) is 3. The Morgan fingerprint density at radius 2 is 1.83 bits per heavy atom. The summed E-state index contributed by atoms with van der Waals surface area (Å²) in [6.45, 7) is 6.41. The van der Waals surface area contributed by atoms with E-state index < -0.39 is 21.9 Å². The summed E-state index contributed by atoms with van der Waals surface area (Å²) >= 11 is 0. The third-order valence-electron chi connectivity index (χ3n) is 6.19. The molecule has 198 valence electrons. The van der Waals surface area contributed by atoms with Gasteiger partial charge in [-0.15, -0.1) is 5.10 Å². The Morgan fingerprint density at radius 1 is 1.14 bits per heavy atom. The first-order valence-corrected chi connectivity index (χ1v) is 14.2. The highest BCUT2D eigenvalue weighted by Crippen LogP contribution is 2.23. The van der Waals surface area contributed by atoms with Gasteiger partial charge in [0.1, 0.15) is 5.92 Å². The first-order chi connectivity index (χ1) is 17.2. The second kappa shape index (κ2) is 13.0. The minimum absolute atomic E-state index is 0.113. The summed E-state index contributed by atoms with van der Waals surface area (Å²) < 4.78 is 34.4. The van der Waals surface area contributed by atoms with Crippen molar-refractivity contribution in [3.8, 4) is 0 Å². The van der Waals surface area contributed by atoms with Crippen LogP contribution in [0.5, 0.6) is 0 Å². The lowest BCUT2D eigenvalue weighted by Crippen LogP contribution is -2.35. The first-order valence-electron chi connectivity index (χ1n) is 12.6. The van der Waals surface area contributed by atoms with Gasteiger partial charge in [0, 0.05) is 5.69 Å². The predicted octanol–water partition coefficient (Wildman–Crippen LogP) is 3.24. The van der Waals surface area contributed by atoms with Crippen LogP contribution in [0.4, 0.5) is 5.69 Å². The Morgan fingerprint density at radius 3 is 2.47 bits per heavy atom. The molecule has 2 aromatic rings. The minimum Gasteiger partial charge on any atom is -0.465 e. The molecule has 1 unspecified atom stereocenters. The van der Waals surface area contributed by atoms with Crippen molar-refractivity contribution < 1.29 is 22.7 Å². The van der Waals surface area contributed by atoms with Crippen LogP contribution >= 0.6 is 0 Å². The fourth-order valence-electron chi connectivity index (χ4n) is 4.30. The zero-order valence-electron chi connectivity index (χ0n) is 21.3. The first kappa shape index (κ1) is 27.8. The average Bonchev–Trinajstić information content (AvgIpc) is 3.30. The van der Waals surface area contributed by atoms with E-state index in [4.69, 9.17) is 4.74 Å². The third-order valence-corrected chi connectivity index (χ3v) is 8.09. The summed E-state index contributed by atoms with van der Waals surface area (Å²) in [6, 6.07) is 7.23. The molecule has 1 aromatic heterocycles. The van der Waals surface area contributed by atoms with E-state index >= 15 is 0 Å². The van der Waals surface area contributed by atoms with Gasteiger partial charge in [-0.05, 0) is 49.8 Å². The summed E-state index contributed by atoms with van der Waals surface area (Å²) in [6.07, 6.45) is 6.55. The molecule has 36 heavy (non-hydrogen) atoms. The Balaban J connectivity index is 1.53. The maximum Gasteiger partial charge on any atom is 0.318 e. The van der Waals surface area contributed by atoms with Crippen molar-refractivity contribution in [3.05, 3.63) is 41.7 Å². The SMILES string of the molecule is CCOC(=O)C(CC(C)C)C(=O)Nc1ccc(Cn2cc(CNS(=O)(=O)C3CCCCC3)nn2)cc1. The molecule has 0 aliphatic heterocycles. The molecule has 1 aliphatic carbocycles. The van der Waals surface area contributed by atoms with Crippen molar-refractivity contribution in [2.45, 2.75) is 77.6 Å². The highest BCUT2D eigenvalue weighted by Gasteiger charge is 2.29. The van der Waals surface area contributed by atoms with Crippen LogP contribution in [0.3, 0.4) is 0 Å². The number of nitrogens with one attached hydrogen (secondary N) is 2. The fourth-order valence-corrected chi connectivity index (χ4v) is 5.84. The molecule has 11 heteroatoms. The van der Waals surface area contributed by atoms with Crippen molar-refractivity contribution in [2.24, 2.45) is 11.8 Å². The van der Waals surface area contributed by atoms with E-state index in [9.17, 15) is 18.0 Å². The number of aromatic nitrogens is 3. The van der Waals surface area contributed by atoms with Crippen LogP contribution in [-0.2, 0) is 37.4 Å². The van der Waals surface area contributed by atoms with E-state index in [1.54, 1.807) is 29.9 Å². The monoisotopic (exact) mass is 519 g/mol.